The molecule has 0 bridgehead atoms. The molecule has 228 valence electrons. The van der Waals surface area contributed by atoms with Gasteiger partial charge in [-0.2, -0.15) is 5.26 Å². The zero-order chi connectivity index (χ0) is 31.5. The largest absolute Gasteiger partial charge is 0.352 e. The number of nitriles is 1. The second-order valence-electron chi connectivity index (χ2n) is 12.2. The number of anilines is 1. The van der Waals surface area contributed by atoms with Crippen molar-refractivity contribution in [1.29, 1.82) is 5.26 Å². The molecule has 2 aromatic heterocycles. The summed E-state index contributed by atoms with van der Waals surface area (Å²) in [6, 6.07) is 9.35. The fourth-order valence-electron chi connectivity index (χ4n) is 4.90. The van der Waals surface area contributed by atoms with Crippen LogP contribution in [0, 0.1) is 22.7 Å². The summed E-state index contributed by atoms with van der Waals surface area (Å²) in [5, 5.41) is 15.3. The number of benzene rings is 1. The predicted molar refractivity (Wildman–Crippen MR) is 162 cm³/mol. The summed E-state index contributed by atoms with van der Waals surface area (Å²) >= 11 is 0.701. The molecule has 0 radical (unpaired) electrons. The number of carbonyl (C=O) groups excluding carboxylic acids is 3. The Morgan fingerprint density at radius 1 is 1.19 bits per heavy atom. The van der Waals surface area contributed by atoms with Crippen LogP contribution in [0.4, 0.5) is 14.7 Å². The predicted octanol–water partition coefficient (Wildman–Crippen LogP) is 6.16. The van der Waals surface area contributed by atoms with Gasteiger partial charge in [0.25, 0.3) is 24.1 Å². The molecule has 9 nitrogen and oxygen atoms in total. The Morgan fingerprint density at radius 3 is 2.56 bits per heavy atom. The van der Waals surface area contributed by atoms with Gasteiger partial charge in [-0.1, -0.05) is 40.7 Å². The summed E-state index contributed by atoms with van der Waals surface area (Å²) in [6.45, 7) is 11.1. The lowest BCUT2D eigenvalue weighted by molar-refractivity contribution is -0.127. The second kappa shape index (κ2) is 13.0. The quantitative estimate of drug-likeness (QED) is 0.222. The maximum atomic E-state index is 13.3. The van der Waals surface area contributed by atoms with E-state index in [9.17, 15) is 28.4 Å². The number of hydrogen-bond donors (Lipinski definition) is 2. The smallest absolute Gasteiger partial charge is 0.272 e. The lowest BCUT2D eigenvalue weighted by Gasteiger charge is -2.26. The van der Waals surface area contributed by atoms with E-state index in [1.54, 1.807) is 33.7 Å². The molecule has 1 saturated heterocycles. The van der Waals surface area contributed by atoms with E-state index in [-0.39, 0.29) is 57.0 Å². The molecule has 12 heteroatoms. The summed E-state index contributed by atoms with van der Waals surface area (Å²) < 4.78 is 28.1. The molecule has 0 spiro atoms. The Balaban J connectivity index is 1.69. The Bertz CT molecular complexity index is 1590. The minimum Gasteiger partial charge on any atom is -0.352 e. The minimum atomic E-state index is -2.69. The Kier molecular flexibility index (Phi) is 9.65. The third kappa shape index (κ3) is 7.65. The third-order valence-corrected chi connectivity index (χ3v) is 8.05. The van der Waals surface area contributed by atoms with E-state index < -0.39 is 12.3 Å². The number of nitrogens with zero attached hydrogens (tertiary/aromatic N) is 4. The number of carbonyl (C=O) groups is 3. The van der Waals surface area contributed by atoms with Crippen LogP contribution in [0.25, 0.3) is 11.0 Å². The van der Waals surface area contributed by atoms with Crippen molar-refractivity contribution in [3.63, 3.8) is 0 Å². The van der Waals surface area contributed by atoms with E-state index in [1.165, 1.54) is 12.1 Å². The van der Waals surface area contributed by atoms with Crippen LogP contribution >= 0.6 is 11.3 Å². The highest BCUT2D eigenvalue weighted by Gasteiger charge is 2.32. The molecule has 1 atom stereocenters. The van der Waals surface area contributed by atoms with Crippen molar-refractivity contribution in [3.8, 4) is 6.07 Å². The van der Waals surface area contributed by atoms with Crippen LogP contribution in [0.5, 0.6) is 0 Å². The summed E-state index contributed by atoms with van der Waals surface area (Å²) in [5.74, 6) is -1.01. The van der Waals surface area contributed by atoms with Crippen molar-refractivity contribution in [2.45, 2.75) is 66.5 Å². The van der Waals surface area contributed by atoms with Gasteiger partial charge in [0.2, 0.25) is 5.95 Å². The number of likely N-dealkylation sites (tertiary alicyclic amines) is 1. The number of allylic oxidation sites excluding steroid dienone is 1. The first-order valence-electron chi connectivity index (χ1n) is 14.2. The highest BCUT2D eigenvalue weighted by atomic mass is 32.1. The van der Waals surface area contributed by atoms with Crippen LogP contribution in [0.1, 0.15) is 78.8 Å². The van der Waals surface area contributed by atoms with Gasteiger partial charge in [-0.15, -0.1) is 11.3 Å². The molecule has 1 aromatic carbocycles. The summed E-state index contributed by atoms with van der Waals surface area (Å²) in [4.78, 5) is 45.5. The Morgan fingerprint density at radius 2 is 1.93 bits per heavy atom. The molecule has 3 amide bonds. The number of thiophene rings is 1. The molecule has 1 fully saturated rings. The van der Waals surface area contributed by atoms with Crippen molar-refractivity contribution in [1.82, 2.24) is 19.8 Å². The molecular formula is C31H36F2N6O3S. The van der Waals surface area contributed by atoms with Gasteiger partial charge < -0.3 is 14.8 Å². The number of alkyl halides is 2. The summed E-state index contributed by atoms with van der Waals surface area (Å²) in [5.41, 5.74) is 1.45. The lowest BCUT2D eigenvalue weighted by atomic mass is 9.97. The number of fused-ring (bicyclic) bond motifs is 1. The number of halogens is 2. The highest BCUT2D eigenvalue weighted by molar-refractivity contribution is 7.14. The van der Waals surface area contributed by atoms with E-state index in [1.807, 2.05) is 40.7 Å². The number of rotatable bonds is 9. The van der Waals surface area contributed by atoms with Crippen molar-refractivity contribution in [3.05, 3.63) is 57.3 Å². The third-order valence-electron chi connectivity index (χ3n) is 6.96. The highest BCUT2D eigenvalue weighted by Crippen LogP contribution is 2.30. The van der Waals surface area contributed by atoms with E-state index in [4.69, 9.17) is 0 Å². The van der Waals surface area contributed by atoms with Gasteiger partial charge in [-0.3, -0.25) is 19.7 Å². The first kappa shape index (κ1) is 31.8. The second-order valence-corrected chi connectivity index (χ2v) is 13.3. The van der Waals surface area contributed by atoms with Crippen LogP contribution in [-0.2, 0) is 11.3 Å². The molecule has 43 heavy (non-hydrogen) atoms. The first-order valence-corrected chi connectivity index (χ1v) is 15.0. The van der Waals surface area contributed by atoms with Crippen molar-refractivity contribution < 1.29 is 23.2 Å². The summed E-state index contributed by atoms with van der Waals surface area (Å²) in [6.07, 6.45) is 0.383. The van der Waals surface area contributed by atoms with Crippen molar-refractivity contribution in [2.75, 3.05) is 18.4 Å². The van der Waals surface area contributed by atoms with Gasteiger partial charge >= 0.3 is 0 Å². The standard InChI is InChI=1S/C31H36F2N6O3S/c1-18(2)13-20(15-34)29(42)38-12-6-7-21(38)16-39-23-9-8-19(27(40)35-17-31(3,4)5)14-22(23)36-30(39)37-28(41)25-11-10-24(43-25)26(32)33/h8-11,13-14,18,21,26H,6-7,12,16-17H2,1-5H3,(H,35,40)(H,36,37,41)/b20-13+/t21-/m0/s1. The van der Waals surface area contributed by atoms with Gasteiger partial charge in [0.05, 0.1) is 26.8 Å². The van der Waals surface area contributed by atoms with Crippen LogP contribution in [0.2, 0.25) is 0 Å². The molecular weight excluding hydrogens is 574 g/mol. The molecule has 0 unspecified atom stereocenters. The van der Waals surface area contributed by atoms with E-state index in [0.717, 1.165) is 6.42 Å². The number of amides is 3. The first-order chi connectivity index (χ1) is 20.3. The maximum absolute atomic E-state index is 13.3. The van der Waals surface area contributed by atoms with Gasteiger partial charge in [0.15, 0.2) is 0 Å². The Hall–Kier alpha value is -4.11. The van der Waals surface area contributed by atoms with Crippen LogP contribution < -0.4 is 10.6 Å². The SMILES string of the molecule is CC(C)/C=C(\C#N)C(=O)N1CCC[C@H]1Cn1c(NC(=O)c2ccc(C(F)F)s2)nc2cc(C(=O)NCC(C)(C)C)ccc21. The van der Waals surface area contributed by atoms with Crippen LogP contribution in [0.3, 0.4) is 0 Å². The summed E-state index contributed by atoms with van der Waals surface area (Å²) in [7, 11) is 0. The normalized spacial score (nSPS) is 15.8. The molecule has 2 N–H and O–H groups in total. The number of aromatic nitrogens is 2. The van der Waals surface area contributed by atoms with E-state index in [2.05, 4.69) is 15.6 Å². The van der Waals surface area contributed by atoms with Gasteiger partial charge in [-0.25, -0.2) is 13.8 Å². The average Bonchev–Trinajstić information content (AvgIpc) is 3.69. The zero-order valence-corrected chi connectivity index (χ0v) is 25.7. The monoisotopic (exact) mass is 610 g/mol. The fourth-order valence-corrected chi connectivity index (χ4v) is 5.66. The van der Waals surface area contributed by atoms with Crippen molar-refractivity contribution >= 4 is 46.0 Å². The maximum Gasteiger partial charge on any atom is 0.272 e. The molecule has 1 aliphatic heterocycles. The van der Waals surface area contributed by atoms with Crippen LogP contribution in [-0.4, -0.2) is 51.3 Å². The van der Waals surface area contributed by atoms with E-state index >= 15 is 0 Å². The van der Waals surface area contributed by atoms with E-state index in [0.29, 0.717) is 47.4 Å². The number of imidazole rings is 1. The molecule has 0 aliphatic carbocycles. The molecule has 4 rings (SSSR count). The lowest BCUT2D eigenvalue weighted by Crippen LogP contribution is -2.39. The number of nitrogens with one attached hydrogen (secondary N) is 2. The minimum absolute atomic E-state index is 0.0247. The van der Waals surface area contributed by atoms with Gasteiger partial charge in [-0.05, 0) is 54.5 Å². The van der Waals surface area contributed by atoms with Gasteiger partial charge in [0.1, 0.15) is 11.6 Å². The van der Waals surface area contributed by atoms with Crippen molar-refractivity contribution in [2.24, 2.45) is 11.3 Å². The topological polar surface area (TPSA) is 120 Å². The molecule has 3 aromatic rings. The average molecular weight is 611 g/mol. The molecule has 0 saturated carbocycles. The number of hydrogen-bond acceptors (Lipinski definition) is 6. The van der Waals surface area contributed by atoms with Gasteiger partial charge in [0, 0.05) is 25.2 Å². The van der Waals surface area contributed by atoms with Crippen LogP contribution in [0.15, 0.2) is 42.0 Å². The molecule has 3 heterocycles. The Labute approximate surface area is 253 Å². The zero-order valence-electron chi connectivity index (χ0n) is 24.9. The molecule has 1 aliphatic rings. The fraction of sp³-hybridized carbons (Fsp3) is 0.452.